The number of benzene rings is 3. The maximum atomic E-state index is 12.4. The molecule has 1 N–H and O–H groups in total. The van der Waals surface area contributed by atoms with E-state index in [1.807, 2.05) is 18.2 Å². The molecule has 0 saturated heterocycles. The molecule has 0 fully saturated rings. The number of carbonyl (C=O) groups is 3. The average Bonchev–Trinajstić information content (AvgIpc) is 2.75. The lowest BCUT2D eigenvalue weighted by atomic mass is 10.1. The lowest BCUT2D eigenvalue weighted by Gasteiger charge is -2.14. The highest BCUT2D eigenvalue weighted by atomic mass is 16.5. The third kappa shape index (κ3) is 5.54. The Labute approximate surface area is 174 Å². The molecule has 3 rings (SSSR count). The van der Waals surface area contributed by atoms with Crippen LogP contribution in [-0.4, -0.2) is 23.8 Å². The summed E-state index contributed by atoms with van der Waals surface area (Å²) in [4.78, 5) is 36.1. The zero-order valence-corrected chi connectivity index (χ0v) is 16.6. The number of rotatable bonds is 7. The van der Waals surface area contributed by atoms with E-state index >= 15 is 0 Å². The van der Waals surface area contributed by atoms with E-state index in [4.69, 9.17) is 9.47 Å². The molecule has 30 heavy (non-hydrogen) atoms. The molecule has 3 aromatic rings. The number of Topliss-reactive ketones (excluding diaryl/α,β-unsaturated/α-hetero) is 1. The summed E-state index contributed by atoms with van der Waals surface area (Å²) < 4.78 is 11.0. The van der Waals surface area contributed by atoms with Gasteiger partial charge in [-0.2, -0.15) is 0 Å². The number of anilines is 1. The molecule has 6 heteroatoms. The molecule has 0 aliphatic rings. The van der Waals surface area contributed by atoms with Gasteiger partial charge in [0.2, 0.25) is 0 Å². The molecule has 3 aromatic carbocycles. The smallest absolute Gasteiger partial charge is 0.339 e. The molecule has 0 radical (unpaired) electrons. The van der Waals surface area contributed by atoms with Crippen LogP contribution in [0.25, 0.3) is 0 Å². The van der Waals surface area contributed by atoms with Crippen molar-refractivity contribution in [3.8, 4) is 11.5 Å². The largest absolute Gasteiger partial charge is 0.457 e. The van der Waals surface area contributed by atoms with Crippen molar-refractivity contribution in [3.63, 3.8) is 0 Å². The zero-order valence-electron chi connectivity index (χ0n) is 16.6. The molecule has 0 spiro atoms. The summed E-state index contributed by atoms with van der Waals surface area (Å²) in [6.45, 7) is 2.95. The second kappa shape index (κ2) is 9.52. The first-order valence-electron chi connectivity index (χ1n) is 9.38. The van der Waals surface area contributed by atoms with Crippen LogP contribution in [0.15, 0.2) is 78.9 Å². The number of carbonyl (C=O) groups excluding carboxylic acids is 3. The van der Waals surface area contributed by atoms with E-state index in [1.54, 1.807) is 60.7 Å². The monoisotopic (exact) mass is 403 g/mol. The zero-order chi connectivity index (χ0) is 21.5. The Hall–Kier alpha value is -3.93. The van der Waals surface area contributed by atoms with E-state index in [9.17, 15) is 14.4 Å². The molecule has 6 nitrogen and oxygen atoms in total. The fourth-order valence-corrected chi connectivity index (χ4v) is 2.63. The molecule has 0 heterocycles. The Balaban J connectivity index is 1.60. The number of nitrogens with one attached hydrogen (secondary N) is 1. The summed E-state index contributed by atoms with van der Waals surface area (Å²) in [5, 5.41) is 2.66. The topological polar surface area (TPSA) is 81.7 Å². The molecule has 0 aliphatic carbocycles. The van der Waals surface area contributed by atoms with Crippen molar-refractivity contribution < 1.29 is 23.9 Å². The molecule has 1 atom stereocenters. The summed E-state index contributed by atoms with van der Waals surface area (Å²) in [7, 11) is 0. The van der Waals surface area contributed by atoms with Crippen molar-refractivity contribution in [2.45, 2.75) is 20.0 Å². The van der Waals surface area contributed by atoms with Gasteiger partial charge in [-0.1, -0.05) is 24.3 Å². The van der Waals surface area contributed by atoms with E-state index < -0.39 is 18.0 Å². The van der Waals surface area contributed by atoms with Crippen LogP contribution in [0, 0.1) is 0 Å². The van der Waals surface area contributed by atoms with Gasteiger partial charge in [-0.05, 0) is 68.4 Å². The molecule has 0 aromatic heterocycles. The van der Waals surface area contributed by atoms with E-state index in [-0.39, 0.29) is 11.3 Å². The van der Waals surface area contributed by atoms with Gasteiger partial charge in [0.15, 0.2) is 11.9 Å². The number of para-hydroxylation sites is 1. The summed E-state index contributed by atoms with van der Waals surface area (Å²) >= 11 is 0. The molecular weight excluding hydrogens is 382 g/mol. The van der Waals surface area contributed by atoms with Crippen LogP contribution in [0.5, 0.6) is 11.5 Å². The van der Waals surface area contributed by atoms with Crippen LogP contribution < -0.4 is 10.1 Å². The van der Waals surface area contributed by atoms with Crippen molar-refractivity contribution >= 4 is 23.3 Å². The first-order chi connectivity index (χ1) is 14.4. The number of ketones is 1. The summed E-state index contributed by atoms with van der Waals surface area (Å²) in [5.74, 6) is -0.0442. The Morgan fingerprint density at radius 3 is 2.13 bits per heavy atom. The normalized spacial score (nSPS) is 11.3. The van der Waals surface area contributed by atoms with Crippen molar-refractivity contribution in [2.24, 2.45) is 0 Å². The van der Waals surface area contributed by atoms with E-state index in [0.717, 1.165) is 0 Å². The van der Waals surface area contributed by atoms with Gasteiger partial charge in [0.25, 0.3) is 5.91 Å². The standard InChI is InChI=1S/C24H21NO5/c1-16(26)18-11-13-20(14-12-18)25-23(27)17(2)29-24(28)19-7-6-10-22(15-19)30-21-8-4-3-5-9-21/h3-15,17H,1-2H3,(H,25,27)/t17-/m0/s1. The van der Waals surface area contributed by atoms with Gasteiger partial charge >= 0.3 is 5.97 Å². The SMILES string of the molecule is CC(=O)c1ccc(NC(=O)[C@H](C)OC(=O)c2cccc(Oc3ccccc3)c2)cc1. The molecule has 0 bridgehead atoms. The fraction of sp³-hybridized carbons (Fsp3) is 0.125. The summed E-state index contributed by atoms with van der Waals surface area (Å²) in [6.07, 6.45) is -1.01. The molecule has 0 saturated carbocycles. The number of amides is 1. The maximum absolute atomic E-state index is 12.4. The minimum absolute atomic E-state index is 0.0614. The van der Waals surface area contributed by atoms with Crippen molar-refractivity contribution in [3.05, 3.63) is 90.0 Å². The van der Waals surface area contributed by atoms with Gasteiger partial charge in [0.1, 0.15) is 11.5 Å². The highest BCUT2D eigenvalue weighted by Crippen LogP contribution is 2.22. The molecule has 0 unspecified atom stereocenters. The van der Waals surface area contributed by atoms with Gasteiger partial charge in [-0.3, -0.25) is 9.59 Å². The van der Waals surface area contributed by atoms with Crippen LogP contribution in [0.1, 0.15) is 34.6 Å². The van der Waals surface area contributed by atoms with Gasteiger partial charge in [0.05, 0.1) is 5.56 Å². The number of hydrogen-bond donors (Lipinski definition) is 1. The van der Waals surface area contributed by atoms with E-state index in [0.29, 0.717) is 22.7 Å². The van der Waals surface area contributed by atoms with Gasteiger partial charge < -0.3 is 14.8 Å². The van der Waals surface area contributed by atoms with Crippen LogP contribution in [0.4, 0.5) is 5.69 Å². The number of esters is 1. The Morgan fingerprint density at radius 1 is 0.800 bits per heavy atom. The molecule has 0 aliphatic heterocycles. The third-order valence-corrected chi connectivity index (χ3v) is 4.26. The summed E-state index contributed by atoms with van der Waals surface area (Å²) in [5.41, 5.74) is 1.32. The quantitative estimate of drug-likeness (QED) is 0.450. The average molecular weight is 403 g/mol. The second-order valence-electron chi connectivity index (χ2n) is 6.61. The van der Waals surface area contributed by atoms with Crippen LogP contribution >= 0.6 is 0 Å². The first kappa shape index (κ1) is 20.8. The Bertz CT molecular complexity index is 1040. The van der Waals surface area contributed by atoms with Crippen LogP contribution in [0.3, 0.4) is 0 Å². The first-order valence-corrected chi connectivity index (χ1v) is 9.38. The van der Waals surface area contributed by atoms with Crippen LogP contribution in [0.2, 0.25) is 0 Å². The van der Waals surface area contributed by atoms with Crippen molar-refractivity contribution in [1.82, 2.24) is 0 Å². The molecule has 1 amide bonds. The van der Waals surface area contributed by atoms with E-state index in [1.165, 1.54) is 13.8 Å². The minimum Gasteiger partial charge on any atom is -0.457 e. The van der Waals surface area contributed by atoms with Gasteiger partial charge in [0, 0.05) is 11.3 Å². The lowest BCUT2D eigenvalue weighted by Crippen LogP contribution is -2.30. The third-order valence-electron chi connectivity index (χ3n) is 4.26. The predicted molar refractivity (Wildman–Crippen MR) is 113 cm³/mol. The van der Waals surface area contributed by atoms with Crippen molar-refractivity contribution in [2.75, 3.05) is 5.32 Å². The van der Waals surface area contributed by atoms with Gasteiger partial charge in [-0.25, -0.2) is 4.79 Å². The second-order valence-corrected chi connectivity index (χ2v) is 6.61. The number of hydrogen-bond acceptors (Lipinski definition) is 5. The highest BCUT2D eigenvalue weighted by molar-refractivity contribution is 5.98. The molecular formula is C24H21NO5. The highest BCUT2D eigenvalue weighted by Gasteiger charge is 2.19. The number of ether oxygens (including phenoxy) is 2. The van der Waals surface area contributed by atoms with E-state index in [2.05, 4.69) is 5.32 Å². The maximum Gasteiger partial charge on any atom is 0.339 e. The minimum atomic E-state index is -1.01. The Morgan fingerprint density at radius 2 is 1.47 bits per heavy atom. The Kier molecular flexibility index (Phi) is 6.60. The molecule has 152 valence electrons. The van der Waals surface area contributed by atoms with Crippen LogP contribution in [-0.2, 0) is 9.53 Å². The predicted octanol–water partition coefficient (Wildman–Crippen LogP) is 4.87. The fourth-order valence-electron chi connectivity index (χ4n) is 2.63. The van der Waals surface area contributed by atoms with Gasteiger partial charge in [-0.15, -0.1) is 0 Å². The summed E-state index contributed by atoms with van der Waals surface area (Å²) in [6, 6.07) is 22.2. The lowest BCUT2D eigenvalue weighted by molar-refractivity contribution is -0.123. The van der Waals surface area contributed by atoms with Crippen molar-refractivity contribution in [1.29, 1.82) is 0 Å².